The van der Waals surface area contributed by atoms with Crippen LogP contribution in [0.5, 0.6) is 0 Å². The van der Waals surface area contributed by atoms with Crippen molar-refractivity contribution in [2.45, 2.75) is 13.3 Å². The fourth-order valence-electron chi connectivity index (χ4n) is 3.03. The van der Waals surface area contributed by atoms with Gasteiger partial charge in [0, 0.05) is 16.8 Å². The van der Waals surface area contributed by atoms with Crippen molar-refractivity contribution in [1.82, 2.24) is 15.1 Å². The fourth-order valence-corrected chi connectivity index (χ4v) is 3.23. The molecule has 0 fully saturated rings. The smallest absolute Gasteiger partial charge is 0.241 e. The van der Waals surface area contributed by atoms with Crippen molar-refractivity contribution in [3.05, 3.63) is 83.0 Å². The molecule has 0 radical (unpaired) electrons. The molecule has 0 saturated carbocycles. The highest BCUT2D eigenvalue weighted by molar-refractivity contribution is 6.31. The number of amides is 1. The number of anilines is 1. The van der Waals surface area contributed by atoms with Crippen molar-refractivity contribution >= 4 is 23.4 Å². The Morgan fingerprint density at radius 1 is 1.20 bits per heavy atom. The summed E-state index contributed by atoms with van der Waals surface area (Å²) in [5.41, 5.74) is 3.22. The van der Waals surface area contributed by atoms with E-state index in [0.717, 1.165) is 0 Å². The summed E-state index contributed by atoms with van der Waals surface area (Å²) in [6, 6.07) is 13.4. The van der Waals surface area contributed by atoms with Crippen LogP contribution in [0, 0.1) is 12.7 Å². The second kappa shape index (κ2) is 8.42. The Hall–Kier alpha value is -3.58. The third-order valence-electron chi connectivity index (χ3n) is 4.52. The van der Waals surface area contributed by atoms with Crippen LogP contribution in [-0.4, -0.2) is 21.0 Å². The van der Waals surface area contributed by atoms with E-state index in [0.29, 0.717) is 38.7 Å². The lowest BCUT2D eigenvalue weighted by Gasteiger charge is -2.07. The summed E-state index contributed by atoms with van der Waals surface area (Å²) in [6.07, 6.45) is 3.02. The number of hydrogen-bond donors (Lipinski definition) is 1. The highest BCUT2D eigenvalue weighted by Crippen LogP contribution is 2.37. The summed E-state index contributed by atoms with van der Waals surface area (Å²) < 4.78 is 19.2. The maximum Gasteiger partial charge on any atom is 0.241 e. The Morgan fingerprint density at radius 3 is 2.77 bits per heavy atom. The van der Waals surface area contributed by atoms with Gasteiger partial charge in [0.2, 0.25) is 11.8 Å². The van der Waals surface area contributed by atoms with Gasteiger partial charge in [-0.1, -0.05) is 35.0 Å². The molecular weight excluding hydrogens is 407 g/mol. The number of halogens is 2. The third kappa shape index (κ3) is 4.06. The molecule has 8 heteroatoms. The lowest BCUT2D eigenvalue weighted by molar-refractivity contribution is -0.115. The van der Waals surface area contributed by atoms with E-state index in [4.69, 9.17) is 16.1 Å². The van der Waals surface area contributed by atoms with Crippen molar-refractivity contribution in [2.75, 3.05) is 5.32 Å². The molecule has 0 saturated heterocycles. The average Bonchev–Trinajstić information content (AvgIpc) is 3.15. The first-order valence-corrected chi connectivity index (χ1v) is 9.46. The van der Waals surface area contributed by atoms with E-state index in [-0.39, 0.29) is 24.0 Å². The monoisotopic (exact) mass is 422 g/mol. The molecule has 0 bridgehead atoms. The number of nitrogens with zero attached hydrogens (tertiary/aromatic N) is 3. The quantitative estimate of drug-likeness (QED) is 0.485. The predicted octanol–water partition coefficient (Wildman–Crippen LogP) is 5.08. The van der Waals surface area contributed by atoms with Gasteiger partial charge >= 0.3 is 0 Å². The van der Waals surface area contributed by atoms with Crippen LogP contribution in [0.3, 0.4) is 0 Å². The van der Waals surface area contributed by atoms with Gasteiger partial charge < -0.3 is 4.52 Å². The standard InChI is InChI=1S/C22H16ClFN4O2/c1-13-10-15(6-7-17(13)24)21-20(18-8-9-25-12-26-18)22(30-28-21)27-19(29)11-14-4-2-3-5-16(14)23/h2-10,12H,11H2,1H3,(H,27,29). The van der Waals surface area contributed by atoms with E-state index < -0.39 is 0 Å². The fraction of sp³-hybridized carbons (Fsp3) is 0.0909. The topological polar surface area (TPSA) is 80.9 Å². The molecule has 4 rings (SSSR count). The highest BCUT2D eigenvalue weighted by atomic mass is 35.5. The Kier molecular flexibility index (Phi) is 5.54. The Balaban J connectivity index is 1.71. The summed E-state index contributed by atoms with van der Waals surface area (Å²) >= 11 is 6.15. The van der Waals surface area contributed by atoms with Crippen LogP contribution in [0.15, 0.2) is 65.6 Å². The van der Waals surface area contributed by atoms with Gasteiger partial charge in [-0.3, -0.25) is 10.1 Å². The molecule has 2 aromatic heterocycles. The molecule has 6 nitrogen and oxygen atoms in total. The third-order valence-corrected chi connectivity index (χ3v) is 4.89. The zero-order valence-corrected chi connectivity index (χ0v) is 16.7. The molecule has 1 amide bonds. The number of hydrogen-bond acceptors (Lipinski definition) is 5. The zero-order chi connectivity index (χ0) is 21.1. The van der Waals surface area contributed by atoms with E-state index in [1.54, 1.807) is 49.5 Å². The van der Waals surface area contributed by atoms with Crippen molar-refractivity contribution in [3.8, 4) is 22.5 Å². The van der Waals surface area contributed by atoms with Gasteiger partial charge in [0.05, 0.1) is 17.7 Å². The minimum absolute atomic E-state index is 0.0641. The van der Waals surface area contributed by atoms with Crippen LogP contribution in [-0.2, 0) is 11.2 Å². The maximum absolute atomic E-state index is 13.7. The van der Waals surface area contributed by atoms with E-state index >= 15 is 0 Å². The molecule has 30 heavy (non-hydrogen) atoms. The lowest BCUT2D eigenvalue weighted by atomic mass is 10.0. The second-order valence-corrected chi connectivity index (χ2v) is 7.02. The summed E-state index contributed by atoms with van der Waals surface area (Å²) in [5.74, 6) is -0.502. The molecule has 1 N–H and O–H groups in total. The molecule has 0 aliphatic rings. The van der Waals surface area contributed by atoms with E-state index in [1.807, 2.05) is 6.07 Å². The molecule has 0 aliphatic heterocycles. The molecule has 2 aromatic carbocycles. The number of benzene rings is 2. The van der Waals surface area contributed by atoms with Crippen LogP contribution < -0.4 is 5.32 Å². The largest absolute Gasteiger partial charge is 0.337 e. The normalized spacial score (nSPS) is 10.8. The number of aryl methyl sites for hydroxylation is 1. The number of aromatic nitrogens is 3. The number of rotatable bonds is 5. The lowest BCUT2D eigenvalue weighted by Crippen LogP contribution is -2.14. The number of carbonyl (C=O) groups is 1. The van der Waals surface area contributed by atoms with Gasteiger partial charge in [-0.15, -0.1) is 0 Å². The minimum atomic E-state index is -0.323. The average molecular weight is 423 g/mol. The van der Waals surface area contributed by atoms with Crippen molar-refractivity contribution in [1.29, 1.82) is 0 Å². The first-order chi connectivity index (χ1) is 14.5. The number of carbonyl (C=O) groups excluding carboxylic acids is 1. The van der Waals surface area contributed by atoms with Crippen molar-refractivity contribution in [3.63, 3.8) is 0 Å². The molecule has 0 aliphatic carbocycles. The Bertz CT molecular complexity index is 1210. The number of nitrogens with one attached hydrogen (secondary N) is 1. The predicted molar refractivity (Wildman–Crippen MR) is 111 cm³/mol. The van der Waals surface area contributed by atoms with Crippen LogP contribution >= 0.6 is 11.6 Å². The SMILES string of the molecule is Cc1cc(-c2noc(NC(=O)Cc3ccccc3Cl)c2-c2ccncn2)ccc1F. The van der Waals surface area contributed by atoms with Crippen LogP contribution in [0.2, 0.25) is 5.02 Å². The first-order valence-electron chi connectivity index (χ1n) is 9.09. The van der Waals surface area contributed by atoms with Gasteiger partial charge in [-0.05, 0) is 48.4 Å². The summed E-state index contributed by atoms with van der Waals surface area (Å²) in [4.78, 5) is 20.8. The molecule has 0 unspecified atom stereocenters. The van der Waals surface area contributed by atoms with E-state index in [9.17, 15) is 9.18 Å². The van der Waals surface area contributed by atoms with E-state index in [2.05, 4.69) is 20.4 Å². The van der Waals surface area contributed by atoms with Gasteiger partial charge in [0.1, 0.15) is 17.8 Å². The Labute approximate surface area is 176 Å². The van der Waals surface area contributed by atoms with E-state index in [1.165, 1.54) is 12.4 Å². The summed E-state index contributed by atoms with van der Waals surface area (Å²) in [7, 11) is 0. The second-order valence-electron chi connectivity index (χ2n) is 6.61. The highest BCUT2D eigenvalue weighted by Gasteiger charge is 2.23. The molecule has 2 heterocycles. The Morgan fingerprint density at radius 2 is 2.03 bits per heavy atom. The van der Waals surface area contributed by atoms with Gasteiger partial charge in [0.15, 0.2) is 0 Å². The van der Waals surface area contributed by atoms with Crippen LogP contribution in [0.25, 0.3) is 22.5 Å². The van der Waals surface area contributed by atoms with Crippen molar-refractivity contribution < 1.29 is 13.7 Å². The maximum atomic E-state index is 13.7. The summed E-state index contributed by atoms with van der Waals surface area (Å²) in [6.45, 7) is 1.66. The van der Waals surface area contributed by atoms with Gasteiger partial charge in [0.25, 0.3) is 0 Å². The molecule has 0 atom stereocenters. The molecule has 0 spiro atoms. The van der Waals surface area contributed by atoms with Crippen LogP contribution in [0.4, 0.5) is 10.3 Å². The minimum Gasteiger partial charge on any atom is -0.337 e. The first kappa shape index (κ1) is 19.7. The van der Waals surface area contributed by atoms with Gasteiger partial charge in [-0.25, -0.2) is 14.4 Å². The molecule has 4 aromatic rings. The molecule has 150 valence electrons. The summed E-state index contributed by atoms with van der Waals surface area (Å²) in [5, 5.41) is 7.36. The van der Waals surface area contributed by atoms with Crippen LogP contribution in [0.1, 0.15) is 11.1 Å². The zero-order valence-electron chi connectivity index (χ0n) is 15.9. The van der Waals surface area contributed by atoms with Crippen molar-refractivity contribution in [2.24, 2.45) is 0 Å². The van der Waals surface area contributed by atoms with Gasteiger partial charge in [-0.2, -0.15) is 0 Å². The molecular formula is C22H16ClFN4O2.